The molecule has 0 aliphatic carbocycles. The van der Waals surface area contributed by atoms with E-state index in [4.69, 9.17) is 16.3 Å². The Kier molecular flexibility index (Phi) is 6.10. The van der Waals surface area contributed by atoms with E-state index >= 15 is 0 Å². The number of carboxylic acid groups (broad SMARTS) is 1. The Balaban J connectivity index is 1.71. The van der Waals surface area contributed by atoms with Crippen LogP contribution in [0.2, 0.25) is 5.02 Å². The van der Waals surface area contributed by atoms with Crippen LogP contribution in [0.15, 0.2) is 50.6 Å². The lowest BCUT2D eigenvalue weighted by Gasteiger charge is -2.27. The van der Waals surface area contributed by atoms with E-state index in [9.17, 15) is 23.9 Å². The molecule has 10 nitrogen and oxygen atoms in total. The summed E-state index contributed by atoms with van der Waals surface area (Å²) in [5.74, 6) is -1.97. The molecular formula is C20H18ClFN4O6. The van der Waals surface area contributed by atoms with Gasteiger partial charge in [-0.05, 0) is 29.8 Å². The molecule has 0 radical (unpaired) electrons. The van der Waals surface area contributed by atoms with Gasteiger partial charge in [-0.3, -0.25) is 14.3 Å². The lowest BCUT2D eigenvalue weighted by Crippen LogP contribution is -2.37. The van der Waals surface area contributed by atoms with Crippen molar-refractivity contribution in [1.29, 1.82) is 0 Å². The van der Waals surface area contributed by atoms with Gasteiger partial charge < -0.3 is 19.3 Å². The third-order valence-electron chi connectivity index (χ3n) is 5.23. The van der Waals surface area contributed by atoms with Gasteiger partial charge in [0.05, 0.1) is 23.3 Å². The highest BCUT2D eigenvalue weighted by Crippen LogP contribution is 2.32. The molecule has 0 unspecified atom stereocenters. The maximum Gasteiger partial charge on any atom is 0.439 e. The summed E-state index contributed by atoms with van der Waals surface area (Å²) in [5.41, 5.74) is 0.121. The molecule has 0 spiro atoms. The van der Waals surface area contributed by atoms with Gasteiger partial charge >= 0.3 is 11.8 Å². The van der Waals surface area contributed by atoms with Gasteiger partial charge in [-0.1, -0.05) is 22.8 Å². The molecule has 3 heterocycles. The van der Waals surface area contributed by atoms with Crippen molar-refractivity contribution in [3.63, 3.8) is 0 Å². The summed E-state index contributed by atoms with van der Waals surface area (Å²) in [5, 5.41) is 13.0. The minimum atomic E-state index is -1.12. The highest BCUT2D eigenvalue weighted by Gasteiger charge is 2.32. The van der Waals surface area contributed by atoms with Crippen LogP contribution in [0.5, 0.6) is 0 Å². The SMILES string of the molecule is O=C(O)N1CCO[C@@H](c2ccc(Cl)c(F)c2)[C@H](Cn2cccc(-c3noc(=O)[nH]3)c2=O)C1. The smallest absolute Gasteiger partial charge is 0.439 e. The fourth-order valence-corrected chi connectivity index (χ4v) is 3.86. The van der Waals surface area contributed by atoms with E-state index < -0.39 is 35.2 Å². The van der Waals surface area contributed by atoms with Crippen molar-refractivity contribution in [2.24, 2.45) is 5.92 Å². The number of amides is 1. The Morgan fingerprint density at radius 1 is 1.34 bits per heavy atom. The molecule has 2 N–H and O–H groups in total. The Hall–Kier alpha value is -3.44. The highest BCUT2D eigenvalue weighted by atomic mass is 35.5. The van der Waals surface area contributed by atoms with Crippen LogP contribution in [0.4, 0.5) is 9.18 Å². The fraction of sp³-hybridized carbons (Fsp3) is 0.300. The zero-order chi connectivity index (χ0) is 22.8. The van der Waals surface area contributed by atoms with Crippen molar-refractivity contribution >= 4 is 17.7 Å². The Labute approximate surface area is 184 Å². The van der Waals surface area contributed by atoms with Crippen LogP contribution >= 0.6 is 11.6 Å². The molecule has 32 heavy (non-hydrogen) atoms. The number of hydrogen-bond donors (Lipinski definition) is 2. The van der Waals surface area contributed by atoms with Crippen molar-refractivity contribution in [1.82, 2.24) is 19.6 Å². The minimum Gasteiger partial charge on any atom is -0.465 e. The summed E-state index contributed by atoms with van der Waals surface area (Å²) >= 11 is 5.79. The third-order valence-corrected chi connectivity index (χ3v) is 5.54. The number of carbonyl (C=O) groups is 1. The zero-order valence-electron chi connectivity index (χ0n) is 16.5. The first kappa shape index (κ1) is 21.8. The molecule has 1 aromatic carbocycles. The van der Waals surface area contributed by atoms with Gasteiger partial charge in [0.2, 0.25) is 0 Å². The topological polar surface area (TPSA) is 131 Å². The van der Waals surface area contributed by atoms with Crippen molar-refractivity contribution in [2.45, 2.75) is 12.6 Å². The van der Waals surface area contributed by atoms with Gasteiger partial charge in [-0.25, -0.2) is 14.0 Å². The van der Waals surface area contributed by atoms with Gasteiger partial charge in [0.25, 0.3) is 5.56 Å². The molecule has 168 valence electrons. The van der Waals surface area contributed by atoms with Crippen LogP contribution < -0.4 is 11.3 Å². The minimum absolute atomic E-state index is 0.0186. The van der Waals surface area contributed by atoms with E-state index in [2.05, 4.69) is 14.7 Å². The second-order valence-electron chi connectivity index (χ2n) is 7.28. The number of aromatic amines is 1. The number of rotatable bonds is 4. The lowest BCUT2D eigenvalue weighted by atomic mass is 9.94. The maximum atomic E-state index is 14.1. The first-order chi connectivity index (χ1) is 15.3. The average Bonchev–Trinajstić information content (AvgIpc) is 3.07. The van der Waals surface area contributed by atoms with E-state index in [0.29, 0.717) is 5.56 Å². The molecule has 3 aromatic rings. The fourth-order valence-electron chi connectivity index (χ4n) is 3.74. The van der Waals surface area contributed by atoms with Crippen molar-refractivity contribution in [2.75, 3.05) is 19.7 Å². The van der Waals surface area contributed by atoms with E-state index in [-0.39, 0.29) is 42.7 Å². The monoisotopic (exact) mass is 464 g/mol. The average molecular weight is 465 g/mol. The van der Waals surface area contributed by atoms with Gasteiger partial charge in [0, 0.05) is 31.7 Å². The molecule has 1 aliphatic rings. The van der Waals surface area contributed by atoms with Gasteiger partial charge in [-0.15, -0.1) is 0 Å². The molecule has 0 saturated carbocycles. The molecule has 4 rings (SSSR count). The summed E-state index contributed by atoms with van der Waals surface area (Å²) < 4.78 is 25.8. The zero-order valence-corrected chi connectivity index (χ0v) is 17.3. The molecule has 0 bridgehead atoms. The van der Waals surface area contributed by atoms with E-state index in [1.807, 2.05) is 0 Å². The summed E-state index contributed by atoms with van der Waals surface area (Å²) in [6.07, 6.45) is -0.282. The van der Waals surface area contributed by atoms with Crippen LogP contribution in [0.25, 0.3) is 11.4 Å². The maximum absolute atomic E-state index is 14.1. The van der Waals surface area contributed by atoms with Gasteiger partial charge in [0.1, 0.15) is 5.82 Å². The third kappa shape index (κ3) is 4.43. The van der Waals surface area contributed by atoms with Crippen molar-refractivity contribution in [3.8, 4) is 11.4 Å². The van der Waals surface area contributed by atoms with Crippen LogP contribution in [0.3, 0.4) is 0 Å². The summed E-state index contributed by atoms with van der Waals surface area (Å²) in [4.78, 5) is 39.4. The number of pyridine rings is 1. The summed E-state index contributed by atoms with van der Waals surface area (Å²) in [6, 6.07) is 7.33. The van der Waals surface area contributed by atoms with Gasteiger partial charge in [0.15, 0.2) is 5.82 Å². The van der Waals surface area contributed by atoms with Crippen LogP contribution in [-0.4, -0.2) is 50.5 Å². The Morgan fingerprint density at radius 2 is 2.16 bits per heavy atom. The van der Waals surface area contributed by atoms with Crippen LogP contribution in [0.1, 0.15) is 11.7 Å². The number of nitrogens with one attached hydrogen (secondary N) is 1. The predicted octanol–water partition coefficient (Wildman–Crippen LogP) is 2.35. The highest BCUT2D eigenvalue weighted by molar-refractivity contribution is 6.30. The molecule has 1 aliphatic heterocycles. The molecule has 1 amide bonds. The number of hydrogen-bond acceptors (Lipinski definition) is 6. The lowest BCUT2D eigenvalue weighted by molar-refractivity contribution is 0.0249. The molecule has 1 saturated heterocycles. The number of H-pyrrole nitrogens is 1. The Bertz CT molecular complexity index is 1260. The summed E-state index contributed by atoms with van der Waals surface area (Å²) in [6.45, 7) is 0.357. The molecule has 12 heteroatoms. The second kappa shape index (κ2) is 8.97. The number of halogens is 2. The van der Waals surface area contributed by atoms with Crippen LogP contribution in [-0.2, 0) is 11.3 Å². The summed E-state index contributed by atoms with van der Waals surface area (Å²) in [7, 11) is 0. The molecule has 1 fully saturated rings. The van der Waals surface area contributed by atoms with E-state index in [1.165, 1.54) is 33.9 Å². The molecule has 2 aromatic heterocycles. The molecule has 2 atom stereocenters. The Morgan fingerprint density at radius 3 is 2.84 bits per heavy atom. The first-order valence-corrected chi connectivity index (χ1v) is 10.0. The predicted molar refractivity (Wildman–Crippen MR) is 110 cm³/mol. The standard InChI is InChI=1S/C20H18ClFN4O6/c21-14-4-3-11(8-15(14)22)16-12(10-26(20(29)30)6-7-31-16)9-25-5-1-2-13(18(25)27)17-23-19(28)32-24-17/h1-5,8,12,16H,6-7,9-10H2,(H,29,30)(H,23,24,28)/t12-,16+/m1/s1. The number of benzene rings is 1. The normalized spacial score (nSPS) is 19.0. The van der Waals surface area contributed by atoms with Gasteiger partial charge in [-0.2, -0.15) is 0 Å². The number of nitrogens with zero attached hydrogens (tertiary/aromatic N) is 3. The number of ether oxygens (including phenoxy) is 1. The largest absolute Gasteiger partial charge is 0.465 e. The quantitative estimate of drug-likeness (QED) is 0.606. The number of aromatic nitrogens is 3. The van der Waals surface area contributed by atoms with E-state index in [1.54, 1.807) is 12.1 Å². The molecular weight excluding hydrogens is 447 g/mol. The first-order valence-electron chi connectivity index (χ1n) is 9.63. The van der Waals surface area contributed by atoms with E-state index in [0.717, 1.165) is 0 Å². The van der Waals surface area contributed by atoms with Crippen molar-refractivity contribution in [3.05, 3.63) is 73.8 Å². The van der Waals surface area contributed by atoms with Crippen molar-refractivity contribution < 1.29 is 23.6 Å². The second-order valence-corrected chi connectivity index (χ2v) is 7.68. The van der Waals surface area contributed by atoms with Crippen LogP contribution in [0, 0.1) is 11.7 Å².